The van der Waals surface area contributed by atoms with Crippen LogP contribution < -0.4 is 5.32 Å². The molecule has 1 amide bonds. The molecule has 0 aliphatic heterocycles. The summed E-state index contributed by atoms with van der Waals surface area (Å²) in [4.78, 5) is 37.7. The summed E-state index contributed by atoms with van der Waals surface area (Å²) < 4.78 is 30.6. The van der Waals surface area contributed by atoms with Crippen LogP contribution in [-0.4, -0.2) is 74.3 Å². The molecule has 9 nitrogen and oxygen atoms in total. The zero-order valence-electron chi connectivity index (χ0n) is 49.3. The number of hydrogen-bond donors (Lipinski definition) is 2. The smallest absolute Gasteiger partial charge is 0.456 e. The largest absolute Gasteiger partial charge is 0.472 e. The predicted octanol–water partition coefficient (Wildman–Crippen LogP) is 18.8. The van der Waals surface area contributed by atoms with Crippen molar-refractivity contribution < 1.29 is 37.3 Å². The fourth-order valence-corrected chi connectivity index (χ4v) is 9.03. The highest BCUT2D eigenvalue weighted by Crippen LogP contribution is 2.43. The van der Waals surface area contributed by atoms with E-state index in [0.717, 1.165) is 116 Å². The Kier molecular flexibility index (Phi) is 52.1. The van der Waals surface area contributed by atoms with Gasteiger partial charge < -0.3 is 19.4 Å². The third-order valence-corrected chi connectivity index (χ3v) is 14.0. The summed E-state index contributed by atoms with van der Waals surface area (Å²) in [6.07, 6.45) is 72.6. The minimum absolute atomic E-state index is 0.0295. The van der Waals surface area contributed by atoms with Crippen molar-refractivity contribution in [3.8, 4) is 0 Å². The number of carbonyl (C=O) groups excluding carboxylic acids is 2. The molecule has 0 saturated heterocycles. The number of carbonyl (C=O) groups is 2. The van der Waals surface area contributed by atoms with Crippen molar-refractivity contribution in [1.29, 1.82) is 0 Å². The fourth-order valence-electron chi connectivity index (χ4n) is 8.29. The highest BCUT2D eigenvalue weighted by molar-refractivity contribution is 7.47. The number of likely N-dealkylation sites (N-methyl/N-ethyl adjacent to an activating group) is 1. The normalized spacial score (nSPS) is 14.4. The first-order valence-corrected chi connectivity index (χ1v) is 32.1. The summed E-state index contributed by atoms with van der Waals surface area (Å²) in [5.41, 5.74) is 0. The summed E-state index contributed by atoms with van der Waals surface area (Å²) >= 11 is 0. The molecule has 0 heterocycles. The number of nitrogens with one attached hydrogen (secondary N) is 1. The van der Waals surface area contributed by atoms with Crippen molar-refractivity contribution in [3.05, 3.63) is 97.2 Å². The molecule has 2 N–H and O–H groups in total. The number of allylic oxidation sites excluding steroid dienone is 15. The number of nitrogens with zero attached hydrogens (tertiary/aromatic N) is 1. The maximum absolute atomic E-state index is 13.5. The maximum atomic E-state index is 13.5. The first-order valence-electron chi connectivity index (χ1n) is 30.6. The van der Waals surface area contributed by atoms with Crippen LogP contribution in [0, 0.1) is 0 Å². The van der Waals surface area contributed by atoms with Gasteiger partial charge >= 0.3 is 13.8 Å². The summed E-state index contributed by atoms with van der Waals surface area (Å²) in [5, 5.41) is 3.04. The topological polar surface area (TPSA) is 111 Å². The van der Waals surface area contributed by atoms with Crippen LogP contribution in [0.5, 0.6) is 0 Å². The van der Waals surface area contributed by atoms with E-state index in [1.165, 1.54) is 96.3 Å². The summed E-state index contributed by atoms with van der Waals surface area (Å²) in [7, 11) is 1.46. The molecule has 432 valence electrons. The van der Waals surface area contributed by atoms with Crippen LogP contribution in [0.4, 0.5) is 0 Å². The Morgan fingerprint density at radius 2 is 0.853 bits per heavy atom. The second-order valence-corrected chi connectivity index (χ2v) is 22.9. The van der Waals surface area contributed by atoms with Gasteiger partial charge in [-0.1, -0.05) is 227 Å². The van der Waals surface area contributed by atoms with Gasteiger partial charge in [-0.2, -0.15) is 0 Å². The zero-order valence-corrected chi connectivity index (χ0v) is 50.2. The van der Waals surface area contributed by atoms with Gasteiger partial charge in [-0.15, -0.1) is 0 Å². The second-order valence-electron chi connectivity index (χ2n) is 21.5. The van der Waals surface area contributed by atoms with E-state index in [-0.39, 0.29) is 31.5 Å². The predicted molar refractivity (Wildman–Crippen MR) is 323 cm³/mol. The lowest BCUT2D eigenvalue weighted by Gasteiger charge is -2.27. The van der Waals surface area contributed by atoms with Gasteiger partial charge in [-0.3, -0.25) is 18.6 Å². The Bertz CT molecular complexity index is 1610. The standard InChI is InChI=1S/C65H115N2O7P/c1-7-10-13-16-19-22-25-28-30-31-32-33-34-35-36-37-38-39-42-45-48-51-54-57-64(68)66-62(61-73-75(70,71)72-60-59-67(4,5)6)63(56-53-50-47-44-41-27-24-21-18-15-12-9-3)74-65(69)58-55-52-49-46-43-40-29-26-23-20-17-14-11-8-2/h11,14,19-20,22-23,28-30,32-33,35-36,40,53,56,62-63H,7-10,12-13,15-18,21,24-27,31,34,37-39,41-52,54-55,57-61H2,1-6H3,(H-,66,68,70,71)/p+1/b14-11+,22-19-,23-20+,30-28-,33-32-,36-35-,40-29+,56-53-. The van der Waals surface area contributed by atoms with E-state index in [1.807, 2.05) is 33.3 Å². The van der Waals surface area contributed by atoms with Crippen LogP contribution in [0.1, 0.15) is 252 Å². The quantitative estimate of drug-likeness (QED) is 0.0205. The van der Waals surface area contributed by atoms with Crippen molar-refractivity contribution >= 4 is 19.7 Å². The molecule has 0 aromatic heterocycles. The molecule has 0 aliphatic carbocycles. The van der Waals surface area contributed by atoms with Gasteiger partial charge in [0.1, 0.15) is 19.3 Å². The highest BCUT2D eigenvalue weighted by atomic mass is 31.2. The monoisotopic (exact) mass is 1070 g/mol. The van der Waals surface area contributed by atoms with Crippen LogP contribution in [0.25, 0.3) is 0 Å². The average molecular weight is 1070 g/mol. The van der Waals surface area contributed by atoms with Crippen LogP contribution >= 0.6 is 7.82 Å². The molecule has 0 spiro atoms. The molecular formula is C65H116N2O7P+. The van der Waals surface area contributed by atoms with E-state index in [1.54, 1.807) is 0 Å². The van der Waals surface area contributed by atoms with Gasteiger partial charge in [0, 0.05) is 12.8 Å². The van der Waals surface area contributed by atoms with E-state index in [0.29, 0.717) is 23.9 Å². The number of rotatable bonds is 54. The third kappa shape index (κ3) is 55.5. The van der Waals surface area contributed by atoms with E-state index in [4.69, 9.17) is 13.8 Å². The number of hydrogen-bond acceptors (Lipinski definition) is 6. The van der Waals surface area contributed by atoms with E-state index < -0.39 is 20.0 Å². The Morgan fingerprint density at radius 1 is 0.480 bits per heavy atom. The lowest BCUT2D eigenvalue weighted by Crippen LogP contribution is -2.47. The van der Waals surface area contributed by atoms with Crippen LogP contribution in [0.2, 0.25) is 0 Å². The van der Waals surface area contributed by atoms with E-state index in [2.05, 4.69) is 111 Å². The van der Waals surface area contributed by atoms with Crippen LogP contribution in [-0.2, 0) is 27.9 Å². The molecule has 0 aromatic rings. The highest BCUT2D eigenvalue weighted by Gasteiger charge is 2.30. The summed E-state index contributed by atoms with van der Waals surface area (Å²) in [5.74, 6) is -0.548. The summed E-state index contributed by atoms with van der Waals surface area (Å²) in [6.45, 7) is 6.84. The second kappa shape index (κ2) is 54.3. The van der Waals surface area contributed by atoms with Gasteiger partial charge in [-0.05, 0) is 109 Å². The van der Waals surface area contributed by atoms with Crippen LogP contribution in [0.15, 0.2) is 97.2 Å². The minimum atomic E-state index is -4.46. The molecule has 0 saturated carbocycles. The molecule has 10 heteroatoms. The van der Waals surface area contributed by atoms with Crippen molar-refractivity contribution in [2.45, 2.75) is 264 Å². The molecule has 0 fully saturated rings. The SMILES string of the molecule is CC/C=C/C/C=C/C/C=C/CCCCCCC(=O)OC(/C=C\CCCCCCCCCCCC)C(COP(=O)(O)OCC[N+](C)(C)C)NC(=O)CCCCCCCCC/C=C\C/C=C\C/C=C\C/C=C\CCCCC. The Labute approximate surface area is 462 Å². The lowest BCUT2D eigenvalue weighted by atomic mass is 10.0. The van der Waals surface area contributed by atoms with Crippen molar-refractivity contribution in [2.75, 3.05) is 40.9 Å². The minimum Gasteiger partial charge on any atom is -0.456 e. The number of quaternary nitrogens is 1. The number of unbranched alkanes of at least 4 members (excludes halogenated alkanes) is 24. The first kappa shape index (κ1) is 71.9. The Morgan fingerprint density at radius 3 is 1.31 bits per heavy atom. The average Bonchev–Trinajstić information content (AvgIpc) is 3.37. The molecule has 0 rings (SSSR count). The summed E-state index contributed by atoms with van der Waals surface area (Å²) in [6, 6.07) is -0.869. The van der Waals surface area contributed by atoms with E-state index in [9.17, 15) is 19.0 Å². The molecular weight excluding hydrogens is 952 g/mol. The zero-order chi connectivity index (χ0) is 55.0. The van der Waals surface area contributed by atoms with E-state index >= 15 is 0 Å². The van der Waals surface area contributed by atoms with Gasteiger partial charge in [0.2, 0.25) is 5.91 Å². The van der Waals surface area contributed by atoms with Crippen molar-refractivity contribution in [2.24, 2.45) is 0 Å². The molecule has 3 unspecified atom stereocenters. The van der Waals surface area contributed by atoms with Gasteiger partial charge in [-0.25, -0.2) is 4.57 Å². The first-order chi connectivity index (χ1) is 36.4. The molecule has 0 bridgehead atoms. The van der Waals surface area contributed by atoms with Crippen molar-refractivity contribution in [1.82, 2.24) is 5.32 Å². The van der Waals surface area contributed by atoms with Gasteiger partial charge in [0.05, 0.1) is 33.8 Å². The number of esters is 1. The Balaban J connectivity index is 5.27. The number of ether oxygens (including phenoxy) is 1. The van der Waals surface area contributed by atoms with Crippen molar-refractivity contribution in [3.63, 3.8) is 0 Å². The molecule has 3 atom stereocenters. The molecule has 75 heavy (non-hydrogen) atoms. The van der Waals surface area contributed by atoms with Gasteiger partial charge in [0.15, 0.2) is 0 Å². The molecule has 0 radical (unpaired) electrons. The fraction of sp³-hybridized carbons (Fsp3) is 0.723. The van der Waals surface area contributed by atoms with Crippen LogP contribution in [0.3, 0.4) is 0 Å². The molecule has 0 aliphatic rings. The number of amides is 1. The maximum Gasteiger partial charge on any atom is 0.472 e. The Hall–Kier alpha value is -3.07. The third-order valence-electron chi connectivity index (χ3n) is 13.0. The number of phosphoric acid groups is 1. The van der Waals surface area contributed by atoms with Gasteiger partial charge in [0.25, 0.3) is 0 Å². The molecule has 0 aromatic carbocycles. The number of phosphoric ester groups is 1. The lowest BCUT2D eigenvalue weighted by molar-refractivity contribution is -0.870.